The first-order valence-corrected chi connectivity index (χ1v) is 19.0. The Labute approximate surface area is 306 Å². The van der Waals surface area contributed by atoms with E-state index >= 15 is 0 Å². The molecule has 4 amide bonds. The summed E-state index contributed by atoms with van der Waals surface area (Å²) in [7, 11) is -2.23. The average Bonchev–Trinajstić information content (AvgIpc) is 3.14. The van der Waals surface area contributed by atoms with Gasteiger partial charge in [-0.1, -0.05) is 140 Å². The second kappa shape index (κ2) is 20.5. The van der Waals surface area contributed by atoms with E-state index in [4.69, 9.17) is 10.5 Å². The molecule has 0 heterocycles. The highest BCUT2D eigenvalue weighted by atomic mass is 31.1. The topological polar surface area (TPSA) is 157 Å². The molecule has 0 saturated heterocycles. The molecule has 0 fully saturated rings. The van der Waals surface area contributed by atoms with Crippen LogP contribution < -0.4 is 21.7 Å². The summed E-state index contributed by atoms with van der Waals surface area (Å²) in [5.74, 6) is -3.32. The molecule has 4 rings (SSSR count). The van der Waals surface area contributed by atoms with Crippen molar-refractivity contribution in [2.45, 2.75) is 64.0 Å². The molecule has 52 heavy (non-hydrogen) atoms. The van der Waals surface area contributed by atoms with Gasteiger partial charge in [0.15, 0.2) is 6.16 Å². The van der Waals surface area contributed by atoms with Crippen molar-refractivity contribution in [3.8, 4) is 0 Å². The quantitative estimate of drug-likeness (QED) is 0.0882. The van der Waals surface area contributed by atoms with Gasteiger partial charge in [-0.3, -0.25) is 19.7 Å². The minimum Gasteiger partial charge on any atom is -0.445 e. The Kier molecular flexibility index (Phi) is 15.5. The molecule has 0 spiro atoms. The van der Waals surface area contributed by atoms with Crippen LogP contribution in [-0.2, 0) is 49.6 Å². The van der Waals surface area contributed by atoms with E-state index in [0.717, 1.165) is 22.3 Å². The number of benzene rings is 4. The standard InChI is InChI=1S/C41H47N4O6P/c1-29(2)23-36(40(48)43-35(38(42)46)25-31-17-9-4-10-18-31)44-39(47)34(24-30-15-7-3-8-16-30)28-52(50)37(26-32-19-11-5-12-20-32)45-41(49)51-27-33-21-13-6-14-22-33/h3-22,29,34-37H,23-28H2,1-2H3,(H4-,42,43,44,45,46,47,48,49)/p+1/t34-,35-,36-,37-/m0/s1. The lowest BCUT2D eigenvalue weighted by molar-refractivity contribution is -0.132. The van der Waals surface area contributed by atoms with Crippen LogP contribution in [0.4, 0.5) is 4.79 Å². The number of alkyl carbamates (subject to hydrolysis) is 1. The van der Waals surface area contributed by atoms with E-state index in [2.05, 4.69) is 16.0 Å². The maximum atomic E-state index is 14.2. The van der Waals surface area contributed by atoms with Gasteiger partial charge in [0.05, 0.1) is 5.92 Å². The number of ether oxygens (including phenoxy) is 1. The zero-order valence-corrected chi connectivity index (χ0v) is 30.5. The average molecular weight is 724 g/mol. The number of rotatable bonds is 19. The van der Waals surface area contributed by atoms with Crippen molar-refractivity contribution < 1.29 is 28.5 Å². The molecule has 5 atom stereocenters. The fraction of sp³-hybridized carbons (Fsp3) is 0.317. The van der Waals surface area contributed by atoms with Crippen molar-refractivity contribution in [2.75, 3.05) is 6.16 Å². The highest BCUT2D eigenvalue weighted by Gasteiger charge is 2.39. The highest BCUT2D eigenvalue weighted by molar-refractivity contribution is 7.45. The summed E-state index contributed by atoms with van der Waals surface area (Å²) >= 11 is 0. The number of carbonyl (C=O) groups excluding carboxylic acids is 4. The Balaban J connectivity index is 1.53. The number of hydrogen-bond acceptors (Lipinski definition) is 6. The van der Waals surface area contributed by atoms with Crippen molar-refractivity contribution >= 4 is 31.6 Å². The van der Waals surface area contributed by atoms with E-state index in [-0.39, 0.29) is 37.9 Å². The molecule has 0 aliphatic rings. The maximum absolute atomic E-state index is 14.2. The molecule has 0 aliphatic carbocycles. The molecule has 11 heteroatoms. The molecule has 10 nitrogen and oxygen atoms in total. The van der Waals surface area contributed by atoms with Gasteiger partial charge >= 0.3 is 13.9 Å². The zero-order chi connectivity index (χ0) is 37.3. The maximum Gasteiger partial charge on any atom is 0.410 e. The van der Waals surface area contributed by atoms with E-state index in [1.165, 1.54) is 0 Å². The molecule has 0 aliphatic heterocycles. The number of nitrogens with two attached hydrogens (primary N) is 1. The fourth-order valence-electron chi connectivity index (χ4n) is 5.78. The van der Waals surface area contributed by atoms with Crippen LogP contribution in [0.15, 0.2) is 121 Å². The minimum absolute atomic E-state index is 0.0164. The number of nitrogens with one attached hydrogen (secondary N) is 3. The second-order valence-electron chi connectivity index (χ2n) is 13.2. The molecular weight excluding hydrogens is 675 g/mol. The predicted molar refractivity (Wildman–Crippen MR) is 202 cm³/mol. The van der Waals surface area contributed by atoms with E-state index < -0.39 is 55.4 Å². The third-order valence-electron chi connectivity index (χ3n) is 8.50. The Bertz CT molecular complexity index is 1740. The van der Waals surface area contributed by atoms with Gasteiger partial charge in [0.2, 0.25) is 23.5 Å². The Morgan fingerprint density at radius 2 is 1.08 bits per heavy atom. The van der Waals surface area contributed by atoms with Gasteiger partial charge in [0.1, 0.15) is 18.7 Å². The monoisotopic (exact) mass is 723 g/mol. The molecule has 0 bridgehead atoms. The summed E-state index contributed by atoms with van der Waals surface area (Å²) < 4.78 is 19.7. The third kappa shape index (κ3) is 13.4. The summed E-state index contributed by atoms with van der Waals surface area (Å²) in [4.78, 5) is 53.2. The smallest absolute Gasteiger partial charge is 0.410 e. The van der Waals surface area contributed by atoms with Gasteiger partial charge in [0.25, 0.3) is 0 Å². The lowest BCUT2D eigenvalue weighted by Gasteiger charge is -2.25. The summed E-state index contributed by atoms with van der Waals surface area (Å²) in [5, 5.41) is 8.45. The van der Waals surface area contributed by atoms with Crippen LogP contribution in [-0.4, -0.2) is 47.8 Å². The van der Waals surface area contributed by atoms with E-state index in [1.807, 2.05) is 135 Å². The van der Waals surface area contributed by atoms with Crippen LogP contribution in [0.2, 0.25) is 0 Å². The summed E-state index contributed by atoms with van der Waals surface area (Å²) in [6.07, 6.45) is 0.211. The second-order valence-corrected chi connectivity index (χ2v) is 15.1. The van der Waals surface area contributed by atoms with Crippen LogP contribution in [0.1, 0.15) is 42.5 Å². The molecule has 0 aromatic heterocycles. The molecule has 0 saturated carbocycles. The normalized spacial score (nSPS) is 13.6. The lowest BCUT2D eigenvalue weighted by atomic mass is 9.97. The third-order valence-corrected chi connectivity index (χ3v) is 10.3. The largest absolute Gasteiger partial charge is 0.445 e. The number of hydrogen-bond donors (Lipinski definition) is 4. The molecule has 4 aromatic carbocycles. The van der Waals surface area contributed by atoms with Gasteiger partial charge < -0.3 is 21.1 Å². The molecule has 272 valence electrons. The van der Waals surface area contributed by atoms with Crippen molar-refractivity contribution in [1.82, 2.24) is 16.0 Å². The van der Waals surface area contributed by atoms with Crippen LogP contribution in [0.3, 0.4) is 0 Å². The van der Waals surface area contributed by atoms with Gasteiger partial charge in [-0.2, -0.15) is 0 Å². The number of carbonyl (C=O) groups is 4. The Morgan fingerprint density at radius 3 is 1.58 bits per heavy atom. The summed E-state index contributed by atoms with van der Waals surface area (Å²) in [6.45, 7) is 3.90. The molecule has 4 aromatic rings. The highest BCUT2D eigenvalue weighted by Crippen LogP contribution is 2.33. The predicted octanol–water partition coefficient (Wildman–Crippen LogP) is 5.91. The molecular formula is C41H48N4O6P+. The van der Waals surface area contributed by atoms with E-state index in [0.29, 0.717) is 6.42 Å². The van der Waals surface area contributed by atoms with Gasteiger partial charge in [0, 0.05) is 12.8 Å². The summed E-state index contributed by atoms with van der Waals surface area (Å²) in [5.41, 5.74) is 9.02. The van der Waals surface area contributed by atoms with Crippen molar-refractivity contribution in [2.24, 2.45) is 17.6 Å². The number of amides is 4. The lowest BCUT2D eigenvalue weighted by Crippen LogP contribution is -2.55. The molecule has 0 radical (unpaired) electrons. The fourth-order valence-corrected chi connectivity index (χ4v) is 7.43. The zero-order valence-electron chi connectivity index (χ0n) is 29.7. The first kappa shape index (κ1) is 39.4. The van der Waals surface area contributed by atoms with Gasteiger partial charge in [-0.15, -0.1) is 0 Å². The van der Waals surface area contributed by atoms with Crippen LogP contribution in [0, 0.1) is 11.8 Å². The minimum atomic E-state index is -2.23. The summed E-state index contributed by atoms with van der Waals surface area (Å²) in [6, 6.07) is 35.2. The first-order chi connectivity index (χ1) is 25.1. The van der Waals surface area contributed by atoms with Gasteiger partial charge in [-0.05, 0) is 41.0 Å². The van der Waals surface area contributed by atoms with Crippen LogP contribution in [0.5, 0.6) is 0 Å². The van der Waals surface area contributed by atoms with Crippen molar-refractivity contribution in [1.29, 1.82) is 0 Å². The SMILES string of the molecule is CC(C)C[C@H](NC(=O)[C@@H](Cc1ccccc1)C[P+](=O)[C@@H](Cc1ccccc1)NC(=O)OCc1ccccc1)C(=O)N[C@@H](Cc1ccccc1)C(N)=O. The molecule has 5 N–H and O–H groups in total. The van der Waals surface area contributed by atoms with Gasteiger partial charge in [-0.25, -0.2) is 4.79 Å². The molecule has 1 unspecified atom stereocenters. The van der Waals surface area contributed by atoms with Crippen molar-refractivity contribution in [3.05, 3.63) is 144 Å². The van der Waals surface area contributed by atoms with Crippen molar-refractivity contribution in [3.63, 3.8) is 0 Å². The first-order valence-electron chi connectivity index (χ1n) is 17.5. The Hall–Kier alpha value is -5.34. The Morgan fingerprint density at radius 1 is 0.615 bits per heavy atom. The number of primary amides is 1. The van der Waals surface area contributed by atoms with E-state index in [1.54, 1.807) is 0 Å². The van der Waals surface area contributed by atoms with Crippen LogP contribution >= 0.6 is 7.80 Å². The van der Waals surface area contributed by atoms with E-state index in [9.17, 15) is 23.7 Å². The van der Waals surface area contributed by atoms with Crippen LogP contribution in [0.25, 0.3) is 0 Å².